The number of carbonyl (C=O) groups is 1. The lowest BCUT2D eigenvalue weighted by Gasteiger charge is -2.25. The molecule has 24 heavy (non-hydrogen) atoms. The third-order valence-corrected chi connectivity index (χ3v) is 6.34. The largest absolute Gasteiger partial charge is 0.480 e. The maximum Gasteiger partial charge on any atom is 0.317 e. The van der Waals surface area contributed by atoms with Crippen molar-refractivity contribution in [2.75, 3.05) is 26.7 Å². The van der Waals surface area contributed by atoms with Gasteiger partial charge in [0.2, 0.25) is 10.0 Å². The van der Waals surface area contributed by atoms with Gasteiger partial charge >= 0.3 is 5.97 Å². The first-order chi connectivity index (χ1) is 11.2. The number of benzene rings is 1. The van der Waals surface area contributed by atoms with Crippen LogP contribution in [0, 0.1) is 5.82 Å². The van der Waals surface area contributed by atoms with Crippen molar-refractivity contribution in [1.82, 2.24) is 9.21 Å². The van der Waals surface area contributed by atoms with Gasteiger partial charge in [-0.2, -0.15) is 4.31 Å². The number of aliphatic carboxylic acids is 1. The Morgan fingerprint density at radius 2 is 2.12 bits per heavy atom. The van der Waals surface area contributed by atoms with E-state index in [2.05, 4.69) is 0 Å². The molecule has 1 aromatic carbocycles. The Morgan fingerprint density at radius 3 is 2.75 bits per heavy atom. The number of sulfonamides is 1. The van der Waals surface area contributed by atoms with E-state index >= 15 is 0 Å². The predicted octanol–water partition coefficient (Wildman–Crippen LogP) is 2.04. The molecule has 6 nitrogen and oxygen atoms in total. The van der Waals surface area contributed by atoms with E-state index in [-0.39, 0.29) is 35.6 Å². The van der Waals surface area contributed by atoms with E-state index < -0.39 is 21.8 Å². The predicted molar refractivity (Wildman–Crippen MR) is 88.1 cm³/mol. The number of likely N-dealkylation sites (N-methyl/N-ethyl adjacent to an activating group) is 1. The lowest BCUT2D eigenvalue weighted by atomic mass is 10.1. The van der Waals surface area contributed by atoms with Crippen molar-refractivity contribution in [3.05, 3.63) is 29.0 Å². The van der Waals surface area contributed by atoms with Crippen molar-refractivity contribution in [1.29, 1.82) is 0 Å². The first-order valence-corrected chi connectivity index (χ1v) is 9.41. The van der Waals surface area contributed by atoms with E-state index in [9.17, 15) is 17.6 Å². The summed E-state index contributed by atoms with van der Waals surface area (Å²) < 4.78 is 40.6. The van der Waals surface area contributed by atoms with Gasteiger partial charge in [-0.05, 0) is 44.5 Å². The highest BCUT2D eigenvalue weighted by Gasteiger charge is 2.31. The van der Waals surface area contributed by atoms with Crippen LogP contribution >= 0.6 is 11.6 Å². The summed E-state index contributed by atoms with van der Waals surface area (Å²) >= 11 is 5.67. The lowest BCUT2D eigenvalue weighted by Crippen LogP contribution is -2.37. The zero-order valence-corrected chi connectivity index (χ0v) is 14.9. The summed E-state index contributed by atoms with van der Waals surface area (Å²) in [5.74, 6) is -1.79. The van der Waals surface area contributed by atoms with Gasteiger partial charge in [-0.3, -0.25) is 9.69 Å². The number of halogens is 2. The molecule has 0 radical (unpaired) electrons. The van der Waals surface area contributed by atoms with Crippen molar-refractivity contribution in [2.45, 2.75) is 30.2 Å². The second-order valence-corrected chi connectivity index (χ2v) is 8.22. The van der Waals surface area contributed by atoms with Crippen molar-refractivity contribution in [3.8, 4) is 0 Å². The van der Waals surface area contributed by atoms with Crippen LogP contribution in [0.5, 0.6) is 0 Å². The maximum atomic E-state index is 14.0. The van der Waals surface area contributed by atoms with Gasteiger partial charge < -0.3 is 5.11 Å². The monoisotopic (exact) mass is 378 g/mol. The minimum atomic E-state index is -3.94. The topological polar surface area (TPSA) is 77.9 Å². The standard InChI is InChI=1S/C15H20ClFN2O4S/c1-18(10-15(20)21)12-3-2-7-19(8-6-12)24(22,23)14-5-4-11(16)9-13(14)17/h4-5,9,12H,2-3,6-8,10H2,1H3,(H,20,21). The fourth-order valence-corrected chi connectivity index (χ4v) is 4.60. The van der Waals surface area contributed by atoms with E-state index in [0.717, 1.165) is 6.07 Å². The van der Waals surface area contributed by atoms with Gasteiger partial charge in [0, 0.05) is 24.2 Å². The van der Waals surface area contributed by atoms with Gasteiger partial charge in [0.15, 0.2) is 0 Å². The zero-order chi connectivity index (χ0) is 17.9. The van der Waals surface area contributed by atoms with Crippen molar-refractivity contribution >= 4 is 27.6 Å². The highest BCUT2D eigenvalue weighted by molar-refractivity contribution is 7.89. The molecule has 1 aromatic rings. The van der Waals surface area contributed by atoms with E-state index in [1.165, 1.54) is 16.4 Å². The number of hydrogen-bond acceptors (Lipinski definition) is 4. The fourth-order valence-electron chi connectivity index (χ4n) is 2.90. The molecular weight excluding hydrogens is 359 g/mol. The molecular formula is C15H20ClFN2O4S. The number of carboxylic acids is 1. The molecule has 1 unspecified atom stereocenters. The average molecular weight is 379 g/mol. The van der Waals surface area contributed by atoms with Gasteiger partial charge in [-0.25, -0.2) is 12.8 Å². The number of hydrogen-bond donors (Lipinski definition) is 1. The number of nitrogens with zero attached hydrogens (tertiary/aromatic N) is 2. The van der Waals surface area contributed by atoms with Gasteiger partial charge in [-0.1, -0.05) is 11.6 Å². The number of carboxylic acid groups (broad SMARTS) is 1. The average Bonchev–Trinajstić information content (AvgIpc) is 2.72. The normalized spacial score (nSPS) is 20.1. The summed E-state index contributed by atoms with van der Waals surface area (Å²) in [6.45, 7) is 0.407. The third-order valence-electron chi connectivity index (χ3n) is 4.18. The molecule has 0 bridgehead atoms. The van der Waals surface area contributed by atoms with Crippen LogP contribution in [0.1, 0.15) is 19.3 Å². The van der Waals surface area contributed by atoms with Crippen LogP contribution in [0.4, 0.5) is 4.39 Å². The third kappa shape index (κ3) is 4.44. The van der Waals surface area contributed by atoms with E-state index in [4.69, 9.17) is 16.7 Å². The lowest BCUT2D eigenvalue weighted by molar-refractivity contribution is -0.138. The van der Waals surface area contributed by atoms with E-state index in [0.29, 0.717) is 19.3 Å². The van der Waals surface area contributed by atoms with E-state index in [1.54, 1.807) is 11.9 Å². The molecule has 0 saturated carbocycles. The van der Waals surface area contributed by atoms with Gasteiger partial charge in [0.1, 0.15) is 10.7 Å². The zero-order valence-electron chi connectivity index (χ0n) is 13.3. The quantitative estimate of drug-likeness (QED) is 0.848. The molecule has 1 atom stereocenters. The molecule has 0 aliphatic carbocycles. The molecule has 1 saturated heterocycles. The fraction of sp³-hybridized carbons (Fsp3) is 0.533. The molecule has 2 rings (SSSR count). The van der Waals surface area contributed by atoms with Crippen molar-refractivity contribution in [3.63, 3.8) is 0 Å². The highest BCUT2D eigenvalue weighted by atomic mass is 35.5. The SMILES string of the molecule is CN(CC(=O)O)C1CCCN(S(=O)(=O)c2ccc(Cl)cc2F)CC1. The molecule has 134 valence electrons. The molecule has 1 aliphatic heterocycles. The second-order valence-electron chi connectivity index (χ2n) is 5.87. The maximum absolute atomic E-state index is 14.0. The molecule has 0 aromatic heterocycles. The Balaban J connectivity index is 2.14. The summed E-state index contributed by atoms with van der Waals surface area (Å²) in [4.78, 5) is 12.1. The van der Waals surface area contributed by atoms with Gasteiger partial charge in [0.25, 0.3) is 0 Å². The molecule has 1 heterocycles. The number of rotatable bonds is 5. The van der Waals surface area contributed by atoms with Crippen LogP contribution in [0.3, 0.4) is 0 Å². The molecule has 9 heteroatoms. The summed E-state index contributed by atoms with van der Waals surface area (Å²) in [6.07, 6.45) is 1.78. The minimum Gasteiger partial charge on any atom is -0.480 e. The summed E-state index contributed by atoms with van der Waals surface area (Å²) in [5.41, 5.74) is 0. The Hall–Kier alpha value is -1.22. The Labute approximate surface area is 145 Å². The minimum absolute atomic E-state index is 0.0173. The smallest absolute Gasteiger partial charge is 0.317 e. The Morgan fingerprint density at radius 1 is 1.42 bits per heavy atom. The Kier molecular flexibility index (Phi) is 6.19. The van der Waals surface area contributed by atoms with Crippen LogP contribution in [-0.2, 0) is 14.8 Å². The highest BCUT2D eigenvalue weighted by Crippen LogP contribution is 2.25. The van der Waals surface area contributed by atoms with Crippen LogP contribution in [0.15, 0.2) is 23.1 Å². The van der Waals surface area contributed by atoms with Gasteiger partial charge in [0.05, 0.1) is 6.54 Å². The molecule has 1 fully saturated rings. The van der Waals surface area contributed by atoms with Crippen molar-refractivity contribution in [2.24, 2.45) is 0 Å². The summed E-state index contributed by atoms with van der Waals surface area (Å²) in [5, 5.41) is 9.00. The summed E-state index contributed by atoms with van der Waals surface area (Å²) in [7, 11) is -2.23. The Bertz CT molecular complexity index is 713. The van der Waals surface area contributed by atoms with Crippen LogP contribution in [0.25, 0.3) is 0 Å². The van der Waals surface area contributed by atoms with Crippen molar-refractivity contribution < 1.29 is 22.7 Å². The molecule has 1 aliphatic rings. The second kappa shape index (κ2) is 7.77. The molecule has 1 N–H and O–H groups in total. The summed E-state index contributed by atoms with van der Waals surface area (Å²) in [6, 6.07) is 3.48. The molecule has 0 amide bonds. The molecule has 0 spiro atoms. The van der Waals surface area contributed by atoms with Crippen LogP contribution in [-0.4, -0.2) is 61.4 Å². The van der Waals surface area contributed by atoms with Crippen LogP contribution in [0.2, 0.25) is 5.02 Å². The van der Waals surface area contributed by atoms with Gasteiger partial charge in [-0.15, -0.1) is 0 Å². The van der Waals surface area contributed by atoms with E-state index in [1.807, 2.05) is 0 Å². The first kappa shape index (κ1) is 19.1. The van der Waals surface area contributed by atoms with Crippen LogP contribution < -0.4 is 0 Å². The first-order valence-electron chi connectivity index (χ1n) is 7.59.